The Morgan fingerprint density at radius 2 is 2.07 bits per heavy atom. The Labute approximate surface area is 156 Å². The van der Waals surface area contributed by atoms with Gasteiger partial charge in [0.1, 0.15) is 5.69 Å². The van der Waals surface area contributed by atoms with E-state index in [4.69, 9.17) is 0 Å². The van der Waals surface area contributed by atoms with Gasteiger partial charge in [-0.15, -0.1) is 0 Å². The van der Waals surface area contributed by atoms with Crippen molar-refractivity contribution in [3.8, 4) is 11.1 Å². The van der Waals surface area contributed by atoms with Crippen LogP contribution in [0.2, 0.25) is 0 Å². The summed E-state index contributed by atoms with van der Waals surface area (Å²) in [6, 6.07) is 12.3. The normalized spacial score (nSPS) is 13.8. The molecular weight excluding hydrogens is 338 g/mol. The number of nitrogens with one attached hydrogen (secondary N) is 2. The van der Waals surface area contributed by atoms with E-state index >= 15 is 0 Å². The summed E-state index contributed by atoms with van der Waals surface area (Å²) in [5.41, 5.74) is 4.72. The van der Waals surface area contributed by atoms with Gasteiger partial charge in [-0.1, -0.05) is 18.2 Å². The maximum absolute atomic E-state index is 13.2. The number of nitrogens with zero attached hydrogens (tertiary/aromatic N) is 3. The summed E-state index contributed by atoms with van der Waals surface area (Å²) in [7, 11) is 0. The van der Waals surface area contributed by atoms with E-state index < -0.39 is 0 Å². The average molecular weight is 357 g/mol. The second kappa shape index (κ2) is 6.39. The summed E-state index contributed by atoms with van der Waals surface area (Å²) in [6.45, 7) is 0.590. The van der Waals surface area contributed by atoms with E-state index in [0.717, 1.165) is 40.4 Å². The van der Waals surface area contributed by atoms with Crippen molar-refractivity contribution in [2.24, 2.45) is 0 Å². The second-order valence-corrected chi connectivity index (χ2v) is 7.00. The Balaban J connectivity index is 1.45. The Morgan fingerprint density at radius 1 is 1.15 bits per heavy atom. The van der Waals surface area contributed by atoms with Gasteiger partial charge in [-0.05, 0) is 42.2 Å². The Hall–Kier alpha value is -3.41. The van der Waals surface area contributed by atoms with Gasteiger partial charge >= 0.3 is 0 Å². The maximum atomic E-state index is 13.2. The lowest BCUT2D eigenvalue weighted by Gasteiger charge is -2.21. The standard InChI is InChI=1S/C21H19N5O/c27-21(26(18-5-6-18)13-14-2-1-7-22-10-14)20-9-16-4-3-15(8-19(16)25-20)17-11-23-24-12-17/h1-4,7-12,18,25H,5-6,13H2,(H,23,24). The molecule has 6 heteroatoms. The molecular formula is C21H19N5O. The lowest BCUT2D eigenvalue weighted by atomic mass is 10.1. The van der Waals surface area contributed by atoms with Crippen LogP contribution in [-0.2, 0) is 6.54 Å². The van der Waals surface area contributed by atoms with Crippen molar-refractivity contribution in [2.75, 3.05) is 0 Å². The molecule has 1 amide bonds. The third-order valence-electron chi connectivity index (χ3n) is 5.01. The molecule has 3 aromatic heterocycles. The van der Waals surface area contributed by atoms with Gasteiger partial charge in [0.25, 0.3) is 5.91 Å². The van der Waals surface area contributed by atoms with Crippen LogP contribution in [0.5, 0.6) is 0 Å². The molecule has 2 N–H and O–H groups in total. The van der Waals surface area contributed by atoms with Gasteiger partial charge in [-0.3, -0.25) is 14.9 Å². The molecule has 0 atom stereocenters. The lowest BCUT2D eigenvalue weighted by molar-refractivity contribution is 0.0725. The minimum absolute atomic E-state index is 0.0439. The molecule has 6 nitrogen and oxygen atoms in total. The number of benzene rings is 1. The molecule has 0 spiro atoms. The quantitative estimate of drug-likeness (QED) is 0.571. The highest BCUT2D eigenvalue weighted by Gasteiger charge is 2.33. The van der Waals surface area contributed by atoms with Gasteiger partial charge in [0, 0.05) is 47.6 Å². The number of amides is 1. The predicted molar refractivity (Wildman–Crippen MR) is 103 cm³/mol. The van der Waals surface area contributed by atoms with Crippen LogP contribution < -0.4 is 0 Å². The van der Waals surface area contributed by atoms with Crippen LogP contribution in [0.25, 0.3) is 22.0 Å². The molecule has 3 heterocycles. The van der Waals surface area contributed by atoms with Gasteiger partial charge in [-0.25, -0.2) is 0 Å². The highest BCUT2D eigenvalue weighted by molar-refractivity contribution is 5.99. The molecule has 0 bridgehead atoms. The highest BCUT2D eigenvalue weighted by atomic mass is 16.2. The zero-order valence-electron chi connectivity index (χ0n) is 14.7. The molecule has 1 fully saturated rings. The summed E-state index contributed by atoms with van der Waals surface area (Å²) in [5, 5.41) is 7.86. The number of hydrogen-bond donors (Lipinski definition) is 2. The summed E-state index contributed by atoms with van der Waals surface area (Å²) in [5.74, 6) is 0.0439. The third kappa shape index (κ3) is 3.10. The highest BCUT2D eigenvalue weighted by Crippen LogP contribution is 2.31. The Kier molecular flexibility index (Phi) is 3.74. The second-order valence-electron chi connectivity index (χ2n) is 7.00. The van der Waals surface area contributed by atoms with E-state index in [1.165, 1.54) is 0 Å². The molecule has 1 aromatic carbocycles. The first-order valence-electron chi connectivity index (χ1n) is 9.10. The van der Waals surface area contributed by atoms with Gasteiger partial charge < -0.3 is 9.88 Å². The van der Waals surface area contributed by atoms with Gasteiger partial charge in [0.2, 0.25) is 0 Å². The number of aromatic nitrogens is 4. The van der Waals surface area contributed by atoms with Crippen molar-refractivity contribution >= 4 is 16.8 Å². The van der Waals surface area contributed by atoms with Crippen LogP contribution in [0.4, 0.5) is 0 Å². The number of hydrogen-bond acceptors (Lipinski definition) is 3. The first-order chi connectivity index (χ1) is 13.3. The van der Waals surface area contributed by atoms with Crippen LogP contribution in [0.15, 0.2) is 61.2 Å². The minimum atomic E-state index is 0.0439. The fourth-order valence-corrected chi connectivity index (χ4v) is 3.43. The smallest absolute Gasteiger partial charge is 0.270 e. The molecule has 27 heavy (non-hydrogen) atoms. The molecule has 0 saturated heterocycles. The fraction of sp³-hybridized carbons (Fsp3) is 0.190. The molecule has 0 unspecified atom stereocenters. The lowest BCUT2D eigenvalue weighted by Crippen LogP contribution is -2.32. The SMILES string of the molecule is O=C(c1cc2ccc(-c3cn[nH]c3)cc2[nH]1)N(Cc1cccnc1)C1CC1. The molecule has 4 aromatic rings. The number of rotatable bonds is 5. The van der Waals surface area contributed by atoms with Gasteiger partial charge in [0.15, 0.2) is 0 Å². The van der Waals surface area contributed by atoms with Crippen LogP contribution in [0.3, 0.4) is 0 Å². The summed E-state index contributed by atoms with van der Waals surface area (Å²) >= 11 is 0. The summed E-state index contributed by atoms with van der Waals surface area (Å²) < 4.78 is 0. The third-order valence-corrected chi connectivity index (χ3v) is 5.01. The number of carbonyl (C=O) groups is 1. The molecule has 1 saturated carbocycles. The van der Waals surface area contributed by atoms with Gasteiger partial charge in [-0.2, -0.15) is 5.10 Å². The van der Waals surface area contributed by atoms with E-state index in [1.54, 1.807) is 12.4 Å². The molecule has 0 radical (unpaired) electrons. The fourth-order valence-electron chi connectivity index (χ4n) is 3.43. The van der Waals surface area contributed by atoms with Crippen molar-refractivity contribution in [1.82, 2.24) is 25.1 Å². The Bertz CT molecular complexity index is 1080. The molecule has 1 aliphatic rings. The van der Waals surface area contributed by atoms with Crippen LogP contribution in [0.1, 0.15) is 28.9 Å². The zero-order chi connectivity index (χ0) is 18.2. The van der Waals surface area contributed by atoms with Crippen molar-refractivity contribution in [3.05, 3.63) is 72.4 Å². The van der Waals surface area contributed by atoms with Crippen molar-refractivity contribution in [2.45, 2.75) is 25.4 Å². The monoisotopic (exact) mass is 357 g/mol. The van der Waals surface area contributed by atoms with Gasteiger partial charge in [0.05, 0.1) is 6.20 Å². The van der Waals surface area contributed by atoms with Crippen LogP contribution in [0, 0.1) is 0 Å². The largest absolute Gasteiger partial charge is 0.351 e. The van der Waals surface area contributed by atoms with Crippen LogP contribution >= 0.6 is 0 Å². The van der Waals surface area contributed by atoms with Crippen molar-refractivity contribution in [1.29, 1.82) is 0 Å². The number of fused-ring (bicyclic) bond motifs is 1. The molecule has 1 aliphatic carbocycles. The number of aromatic amines is 2. The van der Waals surface area contributed by atoms with Crippen molar-refractivity contribution < 1.29 is 4.79 Å². The predicted octanol–water partition coefficient (Wildman–Crippen LogP) is 3.76. The number of H-pyrrole nitrogens is 2. The minimum Gasteiger partial charge on any atom is -0.351 e. The maximum Gasteiger partial charge on any atom is 0.270 e. The van der Waals surface area contributed by atoms with E-state index in [2.05, 4.69) is 26.2 Å². The topological polar surface area (TPSA) is 77.7 Å². The first-order valence-corrected chi connectivity index (χ1v) is 9.10. The molecule has 0 aliphatic heterocycles. The van der Waals surface area contributed by atoms with E-state index in [9.17, 15) is 4.79 Å². The van der Waals surface area contributed by atoms with Crippen LogP contribution in [-0.4, -0.2) is 37.0 Å². The van der Waals surface area contributed by atoms with E-state index in [-0.39, 0.29) is 5.91 Å². The van der Waals surface area contributed by atoms with E-state index in [0.29, 0.717) is 18.3 Å². The molecule has 5 rings (SSSR count). The summed E-state index contributed by atoms with van der Waals surface area (Å²) in [4.78, 5) is 22.6. The first kappa shape index (κ1) is 15.8. The van der Waals surface area contributed by atoms with Crippen molar-refractivity contribution in [3.63, 3.8) is 0 Å². The zero-order valence-corrected chi connectivity index (χ0v) is 14.7. The number of pyridine rings is 1. The Morgan fingerprint density at radius 3 is 2.81 bits per heavy atom. The van der Waals surface area contributed by atoms with E-state index in [1.807, 2.05) is 47.6 Å². The average Bonchev–Trinajstić information content (AvgIpc) is 3.22. The summed E-state index contributed by atoms with van der Waals surface area (Å²) in [6.07, 6.45) is 9.36. The number of carbonyl (C=O) groups excluding carboxylic acids is 1. The molecule has 134 valence electrons.